The van der Waals surface area contributed by atoms with Crippen molar-refractivity contribution in [2.45, 2.75) is 40.2 Å². The maximum Gasteiger partial charge on any atom is 0.302 e. The predicted octanol–water partition coefficient (Wildman–Crippen LogP) is 4.14. The van der Waals surface area contributed by atoms with Gasteiger partial charge in [-0.05, 0) is 48.2 Å². The van der Waals surface area contributed by atoms with Crippen molar-refractivity contribution in [1.29, 1.82) is 0 Å². The Bertz CT molecular complexity index is 666. The number of benzene rings is 2. The van der Waals surface area contributed by atoms with Crippen LogP contribution in [0.5, 0.6) is 11.5 Å². The Labute approximate surface area is 143 Å². The second-order valence-electron chi connectivity index (χ2n) is 5.86. The molecular weight excluding hydrogens is 304 g/mol. The first-order valence-electron chi connectivity index (χ1n) is 8.16. The Morgan fingerprint density at radius 2 is 1.83 bits per heavy atom. The standard InChI is InChI=1S/C20H24O4/c1-4-9-23-18-7-5-16(6-8-18)11-19-14(2)10-17(12-20(19)22)13-24-15(3)21/h5-8,10,12,22H,4,9,11,13H2,1-3H3. The molecule has 0 aliphatic rings. The number of aryl methyl sites for hydroxylation is 1. The molecule has 2 rings (SSSR count). The van der Waals surface area contributed by atoms with Gasteiger partial charge in [0.1, 0.15) is 18.1 Å². The molecule has 0 saturated carbocycles. The summed E-state index contributed by atoms with van der Waals surface area (Å²) in [5.74, 6) is 0.753. The number of carbonyl (C=O) groups is 1. The molecule has 128 valence electrons. The average Bonchev–Trinajstić information content (AvgIpc) is 2.55. The molecule has 2 aromatic rings. The zero-order valence-corrected chi connectivity index (χ0v) is 14.5. The quantitative estimate of drug-likeness (QED) is 0.776. The van der Waals surface area contributed by atoms with Crippen LogP contribution in [-0.4, -0.2) is 17.7 Å². The third kappa shape index (κ3) is 5.01. The third-order valence-corrected chi connectivity index (χ3v) is 3.73. The molecule has 2 aromatic carbocycles. The molecule has 0 aliphatic carbocycles. The molecule has 4 heteroatoms. The van der Waals surface area contributed by atoms with Gasteiger partial charge in [0.05, 0.1) is 6.61 Å². The van der Waals surface area contributed by atoms with E-state index in [2.05, 4.69) is 6.92 Å². The van der Waals surface area contributed by atoms with E-state index in [4.69, 9.17) is 9.47 Å². The van der Waals surface area contributed by atoms with Gasteiger partial charge < -0.3 is 14.6 Å². The molecular formula is C20H24O4. The lowest BCUT2D eigenvalue weighted by Gasteiger charge is -2.12. The van der Waals surface area contributed by atoms with Crippen LogP contribution in [-0.2, 0) is 22.6 Å². The van der Waals surface area contributed by atoms with E-state index in [1.165, 1.54) is 6.92 Å². The third-order valence-electron chi connectivity index (χ3n) is 3.73. The van der Waals surface area contributed by atoms with E-state index in [1.807, 2.05) is 37.3 Å². The smallest absolute Gasteiger partial charge is 0.302 e. The summed E-state index contributed by atoms with van der Waals surface area (Å²) in [6, 6.07) is 11.5. The Morgan fingerprint density at radius 3 is 2.42 bits per heavy atom. The van der Waals surface area contributed by atoms with Crippen LogP contribution >= 0.6 is 0 Å². The van der Waals surface area contributed by atoms with Crippen molar-refractivity contribution in [3.05, 3.63) is 58.7 Å². The van der Waals surface area contributed by atoms with Gasteiger partial charge in [0.25, 0.3) is 0 Å². The summed E-state index contributed by atoms with van der Waals surface area (Å²) in [4.78, 5) is 10.9. The fourth-order valence-corrected chi connectivity index (χ4v) is 2.50. The largest absolute Gasteiger partial charge is 0.508 e. The van der Waals surface area contributed by atoms with Gasteiger partial charge in [-0.2, -0.15) is 0 Å². The molecule has 0 spiro atoms. The van der Waals surface area contributed by atoms with Crippen LogP contribution in [0.4, 0.5) is 0 Å². The second kappa shape index (κ2) is 8.39. The predicted molar refractivity (Wildman–Crippen MR) is 93.3 cm³/mol. The number of ether oxygens (including phenoxy) is 2. The number of esters is 1. The van der Waals surface area contributed by atoms with Crippen molar-refractivity contribution < 1.29 is 19.4 Å². The minimum atomic E-state index is -0.332. The van der Waals surface area contributed by atoms with Crippen LogP contribution in [0.15, 0.2) is 36.4 Å². The molecule has 0 aromatic heterocycles. The van der Waals surface area contributed by atoms with Crippen LogP contribution < -0.4 is 4.74 Å². The van der Waals surface area contributed by atoms with Crippen LogP contribution in [0.25, 0.3) is 0 Å². The van der Waals surface area contributed by atoms with Gasteiger partial charge in [0.15, 0.2) is 0 Å². The highest BCUT2D eigenvalue weighted by atomic mass is 16.5. The van der Waals surface area contributed by atoms with E-state index in [9.17, 15) is 9.90 Å². The minimum absolute atomic E-state index is 0.174. The average molecular weight is 328 g/mol. The number of rotatable bonds is 7. The molecule has 1 N–H and O–H groups in total. The van der Waals surface area contributed by atoms with Crippen molar-refractivity contribution in [3.8, 4) is 11.5 Å². The first kappa shape index (κ1) is 17.9. The Kier molecular flexibility index (Phi) is 6.24. The topological polar surface area (TPSA) is 55.8 Å². The van der Waals surface area contributed by atoms with E-state index in [0.717, 1.165) is 34.4 Å². The fraction of sp³-hybridized carbons (Fsp3) is 0.350. The van der Waals surface area contributed by atoms with Crippen LogP contribution in [0, 0.1) is 6.92 Å². The van der Waals surface area contributed by atoms with Crippen LogP contribution in [0.3, 0.4) is 0 Å². The van der Waals surface area contributed by atoms with Gasteiger partial charge in [-0.25, -0.2) is 0 Å². The van der Waals surface area contributed by atoms with Gasteiger partial charge >= 0.3 is 5.97 Å². The fourth-order valence-electron chi connectivity index (χ4n) is 2.50. The highest BCUT2D eigenvalue weighted by molar-refractivity contribution is 5.66. The van der Waals surface area contributed by atoms with Gasteiger partial charge in [-0.15, -0.1) is 0 Å². The number of aromatic hydroxyl groups is 1. The molecule has 0 aliphatic heterocycles. The van der Waals surface area contributed by atoms with Gasteiger partial charge in [-0.3, -0.25) is 4.79 Å². The first-order valence-corrected chi connectivity index (χ1v) is 8.16. The van der Waals surface area contributed by atoms with Crippen LogP contribution in [0.2, 0.25) is 0 Å². The lowest BCUT2D eigenvalue weighted by atomic mass is 9.97. The molecule has 24 heavy (non-hydrogen) atoms. The summed E-state index contributed by atoms with van der Waals surface area (Å²) in [5, 5.41) is 10.3. The van der Waals surface area contributed by atoms with Crippen molar-refractivity contribution in [1.82, 2.24) is 0 Å². The minimum Gasteiger partial charge on any atom is -0.508 e. The van der Waals surface area contributed by atoms with Crippen LogP contribution in [0.1, 0.15) is 42.5 Å². The molecule has 4 nitrogen and oxygen atoms in total. The second-order valence-corrected chi connectivity index (χ2v) is 5.86. The van der Waals surface area contributed by atoms with E-state index in [0.29, 0.717) is 13.0 Å². The Hall–Kier alpha value is -2.49. The van der Waals surface area contributed by atoms with Crippen molar-refractivity contribution in [3.63, 3.8) is 0 Å². The molecule has 0 unspecified atom stereocenters. The number of phenols is 1. The molecule has 0 fully saturated rings. The molecule has 0 atom stereocenters. The summed E-state index contributed by atoms with van der Waals surface area (Å²) in [5.41, 5.74) is 3.74. The molecule has 0 saturated heterocycles. The molecule has 0 amide bonds. The number of phenolic OH excluding ortho intramolecular Hbond substituents is 1. The highest BCUT2D eigenvalue weighted by Crippen LogP contribution is 2.27. The monoisotopic (exact) mass is 328 g/mol. The number of carbonyl (C=O) groups excluding carboxylic acids is 1. The lowest BCUT2D eigenvalue weighted by molar-refractivity contribution is -0.142. The van der Waals surface area contributed by atoms with E-state index >= 15 is 0 Å². The Morgan fingerprint density at radius 1 is 1.12 bits per heavy atom. The Balaban J connectivity index is 2.10. The summed E-state index contributed by atoms with van der Waals surface area (Å²) in [7, 11) is 0. The molecule has 0 heterocycles. The first-order chi connectivity index (χ1) is 11.5. The maximum absolute atomic E-state index is 10.9. The zero-order valence-electron chi connectivity index (χ0n) is 14.5. The van der Waals surface area contributed by atoms with Gasteiger partial charge in [-0.1, -0.05) is 25.1 Å². The summed E-state index contributed by atoms with van der Waals surface area (Å²) >= 11 is 0. The van der Waals surface area contributed by atoms with Crippen molar-refractivity contribution in [2.75, 3.05) is 6.61 Å². The van der Waals surface area contributed by atoms with Gasteiger partial charge in [0.2, 0.25) is 0 Å². The molecule has 0 radical (unpaired) electrons. The summed E-state index contributed by atoms with van der Waals surface area (Å²) < 4.78 is 10.6. The zero-order chi connectivity index (χ0) is 17.5. The van der Waals surface area contributed by atoms with E-state index in [1.54, 1.807) is 6.07 Å². The summed E-state index contributed by atoms with van der Waals surface area (Å²) in [6.07, 6.45) is 1.62. The number of hydrogen-bond acceptors (Lipinski definition) is 4. The number of hydrogen-bond donors (Lipinski definition) is 1. The van der Waals surface area contributed by atoms with Gasteiger partial charge in [0, 0.05) is 18.9 Å². The summed E-state index contributed by atoms with van der Waals surface area (Å²) in [6.45, 7) is 6.28. The lowest BCUT2D eigenvalue weighted by Crippen LogP contribution is -2.01. The van der Waals surface area contributed by atoms with Crippen molar-refractivity contribution >= 4 is 5.97 Å². The van der Waals surface area contributed by atoms with E-state index < -0.39 is 0 Å². The van der Waals surface area contributed by atoms with E-state index in [-0.39, 0.29) is 18.3 Å². The SMILES string of the molecule is CCCOc1ccc(Cc2c(C)cc(COC(C)=O)cc2O)cc1. The van der Waals surface area contributed by atoms with Crippen molar-refractivity contribution in [2.24, 2.45) is 0 Å². The normalized spacial score (nSPS) is 10.5. The maximum atomic E-state index is 10.9. The molecule has 0 bridgehead atoms. The highest BCUT2D eigenvalue weighted by Gasteiger charge is 2.10.